The number of nitrogens with one attached hydrogen (secondary N) is 1. The van der Waals surface area contributed by atoms with E-state index in [4.69, 9.17) is 16.5 Å². The minimum atomic E-state index is -0.100. The Hall–Kier alpha value is -9.30. The third-order valence-electron chi connectivity index (χ3n) is 14.1. The first-order valence-electron chi connectivity index (χ1n) is 24.9. The molecule has 0 bridgehead atoms. The molecule has 2 aliphatic rings. The highest BCUT2D eigenvalue weighted by Crippen LogP contribution is 2.50. The van der Waals surface area contributed by atoms with Crippen molar-refractivity contribution < 1.29 is 0 Å². The molecule has 2 heterocycles. The summed E-state index contributed by atoms with van der Waals surface area (Å²) in [4.78, 5) is 11.9. The summed E-state index contributed by atoms with van der Waals surface area (Å²) >= 11 is 0. The number of rotatable bonds is 9. The van der Waals surface area contributed by atoms with Gasteiger partial charge in [-0.15, -0.1) is 0 Å². The zero-order valence-electron chi connectivity index (χ0n) is 40.5. The van der Waals surface area contributed by atoms with Crippen LogP contribution in [0.5, 0.6) is 0 Å². The molecular weight excluding hydrogens is 891 g/mol. The van der Waals surface area contributed by atoms with Gasteiger partial charge in [0.15, 0.2) is 0 Å². The highest BCUT2D eigenvalue weighted by Gasteiger charge is 2.34. The molecule has 1 aliphatic heterocycles. The number of nitrogens with zero attached hydrogens (tertiary/aromatic N) is 4. The van der Waals surface area contributed by atoms with Gasteiger partial charge in [0.1, 0.15) is 17.5 Å². The van der Waals surface area contributed by atoms with Crippen LogP contribution in [0, 0.1) is 6.92 Å². The zero-order chi connectivity index (χ0) is 49.3. The van der Waals surface area contributed by atoms with Crippen molar-refractivity contribution in [2.45, 2.75) is 19.4 Å². The molecule has 1 aliphatic carbocycles. The van der Waals surface area contributed by atoms with Crippen LogP contribution in [-0.4, -0.2) is 22.9 Å². The van der Waals surface area contributed by atoms with Crippen molar-refractivity contribution >= 4 is 72.5 Å². The molecule has 11 aromatic rings. The number of hydrogen-bond donors (Lipinski definition) is 3. The molecule has 13 rings (SSSR count). The summed E-state index contributed by atoms with van der Waals surface area (Å²) in [5, 5.41) is 11.2. The Bertz CT molecular complexity index is 3950. The Morgan fingerprint density at radius 2 is 1.19 bits per heavy atom. The monoisotopic (exact) mass is 943 g/mol. The molecule has 0 spiro atoms. The average molecular weight is 944 g/mol. The standard InChI is InChI=1S/C58H42N4.C8H11N3/c1-38-52-50-36-35-45-42(37-39-19-6-2-7-20-39)24-18-32-47(45)55(50)61(43-25-10-4-11-26-43)56(52)49-31-17-16-30-48(49)54(38)62(44-27-12-5-13-28-44)58-51-34-33-40-21-14-15-29-46(40)53(51)59-57(60-58)41-22-8-3-9-23-41;9-6-11-8(10)7-4-2-1-3-5-7/h2-36,53H,37H2,1H3,(H,59,60);1-5H,6,9H2,(H2,10,11). The first-order chi connectivity index (χ1) is 36.1. The van der Waals surface area contributed by atoms with Gasteiger partial charge in [0.05, 0.1) is 29.4 Å². The minimum Gasteiger partial charge on any atom is -0.383 e. The number of aryl methyl sites for hydroxylation is 1. The maximum absolute atomic E-state index is 5.65. The second-order valence-electron chi connectivity index (χ2n) is 18.5. The van der Waals surface area contributed by atoms with Crippen molar-refractivity contribution in [2.24, 2.45) is 21.5 Å². The molecule has 1 aromatic heterocycles. The normalized spacial score (nSPS) is 14.1. The fourth-order valence-corrected chi connectivity index (χ4v) is 10.9. The summed E-state index contributed by atoms with van der Waals surface area (Å²) < 4.78 is 2.53. The lowest BCUT2D eigenvalue weighted by Gasteiger charge is -2.37. The van der Waals surface area contributed by atoms with Gasteiger partial charge in [0.25, 0.3) is 0 Å². The Labute approximate surface area is 425 Å². The third kappa shape index (κ3) is 8.21. The summed E-state index contributed by atoms with van der Waals surface area (Å²) in [6, 6.07) is 81.7. The van der Waals surface area contributed by atoms with E-state index in [1.54, 1.807) is 0 Å². The molecule has 7 heteroatoms. The van der Waals surface area contributed by atoms with Gasteiger partial charge in [-0.2, -0.15) is 0 Å². The number of aromatic nitrogens is 1. The highest BCUT2D eigenvalue weighted by atomic mass is 15.3. The van der Waals surface area contributed by atoms with Crippen molar-refractivity contribution in [3.8, 4) is 5.69 Å². The van der Waals surface area contributed by atoms with Crippen molar-refractivity contribution in [2.75, 3.05) is 11.6 Å². The molecule has 0 radical (unpaired) electrons. The van der Waals surface area contributed by atoms with Gasteiger partial charge >= 0.3 is 0 Å². The lowest BCUT2D eigenvalue weighted by atomic mass is 9.87. The first kappa shape index (κ1) is 44.9. The van der Waals surface area contributed by atoms with E-state index in [1.807, 2.05) is 30.3 Å². The number of aliphatic imine (C=N–C) groups is 2. The predicted molar refractivity (Wildman–Crippen MR) is 306 cm³/mol. The van der Waals surface area contributed by atoms with Gasteiger partial charge in [0.2, 0.25) is 0 Å². The Balaban J connectivity index is 0.000000440. The number of nitrogens with two attached hydrogens (primary N) is 2. The van der Waals surface area contributed by atoms with Crippen LogP contribution in [0.2, 0.25) is 0 Å². The number of anilines is 2. The van der Waals surface area contributed by atoms with Crippen LogP contribution in [0.1, 0.15) is 45.0 Å². The third-order valence-corrected chi connectivity index (χ3v) is 14.1. The average Bonchev–Trinajstić information content (AvgIpc) is 3.82. The summed E-state index contributed by atoms with van der Waals surface area (Å²) in [6.07, 6.45) is 5.38. The van der Waals surface area contributed by atoms with Crippen molar-refractivity contribution in [1.29, 1.82) is 0 Å². The molecule has 352 valence electrons. The lowest BCUT2D eigenvalue weighted by Crippen LogP contribution is -2.38. The van der Waals surface area contributed by atoms with Crippen LogP contribution in [-0.2, 0) is 6.42 Å². The van der Waals surface area contributed by atoms with E-state index < -0.39 is 0 Å². The number of benzene rings is 10. The van der Waals surface area contributed by atoms with E-state index in [2.05, 4.69) is 239 Å². The number of amidine groups is 2. The quantitative estimate of drug-likeness (QED) is 0.0992. The summed E-state index contributed by atoms with van der Waals surface area (Å²) in [5.74, 6) is 2.25. The second kappa shape index (κ2) is 19.5. The molecular formula is C66H53N7. The van der Waals surface area contributed by atoms with Gasteiger partial charge in [-0.1, -0.05) is 218 Å². The zero-order valence-corrected chi connectivity index (χ0v) is 40.5. The minimum absolute atomic E-state index is 0.100. The van der Waals surface area contributed by atoms with Crippen LogP contribution < -0.4 is 21.7 Å². The molecule has 5 N–H and O–H groups in total. The number of hydrogen-bond acceptors (Lipinski definition) is 5. The Morgan fingerprint density at radius 1 is 0.589 bits per heavy atom. The number of fused-ring (bicyclic) bond motifs is 10. The van der Waals surface area contributed by atoms with Crippen LogP contribution in [0.25, 0.3) is 55.1 Å². The van der Waals surface area contributed by atoms with E-state index in [-0.39, 0.29) is 12.7 Å². The smallest absolute Gasteiger partial charge is 0.145 e. The maximum Gasteiger partial charge on any atom is 0.145 e. The molecule has 0 saturated heterocycles. The summed E-state index contributed by atoms with van der Waals surface area (Å²) in [6.45, 7) is 2.56. The van der Waals surface area contributed by atoms with Crippen molar-refractivity contribution in [3.05, 3.63) is 287 Å². The van der Waals surface area contributed by atoms with E-state index >= 15 is 0 Å². The van der Waals surface area contributed by atoms with Gasteiger partial charge in [-0.3, -0.25) is 9.89 Å². The SMILES string of the molecule is Cc1c(N(C2=C3C=Cc4ccccc4C3NC(c3ccccc3)=N2)c2ccccc2)c2ccccc2c2c1c1ccc3c(Cc4ccccc4)cccc3c1n2-c1ccccc1.NC/N=C(\N)c1ccccc1. The van der Waals surface area contributed by atoms with Gasteiger partial charge in [-0.25, -0.2) is 4.99 Å². The van der Waals surface area contributed by atoms with Crippen LogP contribution in [0.15, 0.2) is 258 Å². The van der Waals surface area contributed by atoms with Crippen molar-refractivity contribution in [3.63, 3.8) is 0 Å². The number of para-hydroxylation sites is 2. The summed E-state index contributed by atoms with van der Waals surface area (Å²) in [7, 11) is 0. The van der Waals surface area contributed by atoms with Gasteiger partial charge in [0, 0.05) is 55.0 Å². The molecule has 7 nitrogen and oxygen atoms in total. The predicted octanol–water partition coefficient (Wildman–Crippen LogP) is 14.5. The van der Waals surface area contributed by atoms with E-state index in [1.165, 1.54) is 65.8 Å². The fourth-order valence-electron chi connectivity index (χ4n) is 10.9. The van der Waals surface area contributed by atoms with Crippen molar-refractivity contribution in [1.82, 2.24) is 9.88 Å². The molecule has 73 heavy (non-hydrogen) atoms. The van der Waals surface area contributed by atoms with Gasteiger partial charge in [-0.05, 0) is 70.8 Å². The second-order valence-corrected chi connectivity index (χ2v) is 18.5. The first-order valence-corrected chi connectivity index (χ1v) is 24.9. The fraction of sp³-hybridized carbons (Fsp3) is 0.0606. The van der Waals surface area contributed by atoms with Crippen LogP contribution >= 0.6 is 0 Å². The molecule has 10 aromatic carbocycles. The maximum atomic E-state index is 5.65. The molecule has 0 amide bonds. The van der Waals surface area contributed by atoms with E-state index in [0.717, 1.165) is 57.2 Å². The Morgan fingerprint density at radius 3 is 1.93 bits per heavy atom. The summed E-state index contributed by atoms with van der Waals surface area (Å²) in [5.41, 5.74) is 25.9. The Kier molecular flexibility index (Phi) is 12.0. The van der Waals surface area contributed by atoms with Crippen LogP contribution in [0.4, 0.5) is 11.4 Å². The highest BCUT2D eigenvalue weighted by molar-refractivity contribution is 6.28. The molecule has 0 saturated carbocycles. The topological polar surface area (TPSA) is 97.0 Å². The van der Waals surface area contributed by atoms with E-state index in [0.29, 0.717) is 5.84 Å². The molecule has 1 atom stereocenters. The lowest BCUT2D eigenvalue weighted by molar-refractivity contribution is 0.721. The molecule has 1 unspecified atom stereocenters. The van der Waals surface area contributed by atoms with E-state index in [9.17, 15) is 0 Å². The molecule has 0 fully saturated rings. The van der Waals surface area contributed by atoms with Crippen LogP contribution in [0.3, 0.4) is 0 Å². The van der Waals surface area contributed by atoms with Gasteiger partial charge < -0.3 is 21.4 Å². The largest absolute Gasteiger partial charge is 0.383 e.